The molecule has 190 valence electrons. The lowest BCUT2D eigenvalue weighted by molar-refractivity contribution is -0.118. The molecule has 1 aliphatic rings. The van der Waals surface area contributed by atoms with Crippen LogP contribution in [0.5, 0.6) is 0 Å². The van der Waals surface area contributed by atoms with Crippen molar-refractivity contribution < 1.29 is 14.4 Å². The number of hydrazine groups is 1. The van der Waals surface area contributed by atoms with E-state index in [1.807, 2.05) is 0 Å². The first-order valence-corrected chi connectivity index (χ1v) is 13.7. The van der Waals surface area contributed by atoms with Crippen LogP contribution in [0.4, 0.5) is 5.00 Å². The van der Waals surface area contributed by atoms with E-state index < -0.39 is 11.8 Å². The van der Waals surface area contributed by atoms with Crippen molar-refractivity contribution in [3.63, 3.8) is 0 Å². The van der Waals surface area contributed by atoms with Crippen LogP contribution < -0.4 is 22.0 Å². The van der Waals surface area contributed by atoms with Crippen molar-refractivity contribution >= 4 is 69.0 Å². The monoisotopic (exact) mass is 567 g/mol. The van der Waals surface area contributed by atoms with Gasteiger partial charge in [-0.3, -0.25) is 25.2 Å². The molecular weight excluding hydrogens is 545 g/mol. The number of thiophene rings is 1. The van der Waals surface area contributed by atoms with Gasteiger partial charge in [0.15, 0.2) is 5.82 Å². The van der Waals surface area contributed by atoms with Crippen molar-refractivity contribution in [2.24, 2.45) is 5.84 Å². The molecule has 2 heterocycles. The minimum atomic E-state index is -0.405. The van der Waals surface area contributed by atoms with Gasteiger partial charge < -0.3 is 5.32 Å². The van der Waals surface area contributed by atoms with Crippen LogP contribution in [0.1, 0.15) is 45.0 Å². The summed E-state index contributed by atoms with van der Waals surface area (Å²) < 4.78 is 1.46. The molecule has 0 atom stereocenters. The molecular formula is C22H23Cl2N7O3S2. The predicted octanol–water partition coefficient (Wildman–Crippen LogP) is 3.11. The van der Waals surface area contributed by atoms with Crippen LogP contribution >= 0.6 is 46.3 Å². The molecule has 3 aromatic rings. The molecule has 0 bridgehead atoms. The fourth-order valence-corrected chi connectivity index (χ4v) is 6.04. The number of benzene rings is 1. The highest BCUT2D eigenvalue weighted by Crippen LogP contribution is 2.39. The number of nitrogens with zero attached hydrogens (tertiary/aromatic N) is 3. The molecule has 2 aromatic heterocycles. The third-order valence-electron chi connectivity index (χ3n) is 5.50. The summed E-state index contributed by atoms with van der Waals surface area (Å²) in [4.78, 5) is 38.0. The smallest absolute Gasteiger partial charge is 0.270 e. The Hall–Kier alpha value is -2.64. The standard InChI is InChI=1S/C22H23Cl2N7O3S2/c23-10-18(32)26-21-15(14-3-1-2-4-16(14)36-21)9-17-28-29-22(35-11-19(33)27-25)31(17)30-20(34)12-5-7-13(24)8-6-12/h5-8H,1-4,9-11,25H2,(H,26,32)(H,27,33)(H,30,34). The highest BCUT2D eigenvalue weighted by atomic mass is 35.5. The number of fused-ring (bicyclic) bond motifs is 1. The highest BCUT2D eigenvalue weighted by Gasteiger charge is 2.25. The number of rotatable bonds is 9. The molecule has 36 heavy (non-hydrogen) atoms. The lowest BCUT2D eigenvalue weighted by atomic mass is 9.94. The van der Waals surface area contributed by atoms with E-state index in [9.17, 15) is 14.4 Å². The molecule has 0 aliphatic heterocycles. The summed E-state index contributed by atoms with van der Waals surface area (Å²) >= 11 is 14.3. The molecule has 0 fully saturated rings. The van der Waals surface area contributed by atoms with Gasteiger partial charge in [0, 0.05) is 21.9 Å². The summed E-state index contributed by atoms with van der Waals surface area (Å²) in [6, 6.07) is 6.44. The molecule has 4 rings (SSSR count). The van der Waals surface area contributed by atoms with Gasteiger partial charge in [0.25, 0.3) is 5.91 Å². The summed E-state index contributed by atoms with van der Waals surface area (Å²) in [7, 11) is 0. The Balaban J connectivity index is 1.68. The molecule has 3 amide bonds. The molecule has 1 aromatic carbocycles. The van der Waals surface area contributed by atoms with E-state index in [2.05, 4.69) is 26.4 Å². The Kier molecular flexibility index (Phi) is 8.86. The highest BCUT2D eigenvalue weighted by molar-refractivity contribution is 7.99. The molecule has 10 nitrogen and oxygen atoms in total. The summed E-state index contributed by atoms with van der Waals surface area (Å²) in [6.07, 6.45) is 4.28. The van der Waals surface area contributed by atoms with Gasteiger partial charge in [0.1, 0.15) is 5.88 Å². The molecule has 0 unspecified atom stereocenters. The maximum absolute atomic E-state index is 13.0. The zero-order valence-corrected chi connectivity index (χ0v) is 22.1. The first-order chi connectivity index (χ1) is 17.4. The summed E-state index contributed by atoms with van der Waals surface area (Å²) in [5.74, 6) is 4.37. The number of amides is 3. The van der Waals surface area contributed by atoms with Crippen LogP contribution in [0.3, 0.4) is 0 Å². The number of nitrogens with one attached hydrogen (secondary N) is 3. The number of thioether (sulfide) groups is 1. The quantitative estimate of drug-likeness (QED) is 0.102. The van der Waals surface area contributed by atoms with Gasteiger partial charge in [-0.1, -0.05) is 23.4 Å². The molecule has 5 N–H and O–H groups in total. The fraction of sp³-hybridized carbons (Fsp3) is 0.318. The van der Waals surface area contributed by atoms with Crippen LogP contribution in [0.2, 0.25) is 5.02 Å². The molecule has 0 spiro atoms. The number of hydrogen-bond donors (Lipinski definition) is 4. The number of hydrogen-bond acceptors (Lipinski definition) is 8. The zero-order chi connectivity index (χ0) is 25.7. The van der Waals surface area contributed by atoms with E-state index >= 15 is 0 Å². The summed E-state index contributed by atoms with van der Waals surface area (Å²) in [6.45, 7) is 0. The molecule has 0 saturated carbocycles. The topological polar surface area (TPSA) is 144 Å². The molecule has 1 aliphatic carbocycles. The van der Waals surface area contributed by atoms with Crippen LogP contribution in [0.25, 0.3) is 0 Å². The second-order valence-electron chi connectivity index (χ2n) is 7.92. The van der Waals surface area contributed by atoms with Crippen LogP contribution in [0, 0.1) is 0 Å². The number of halogens is 2. The van der Waals surface area contributed by atoms with Gasteiger partial charge in [-0.15, -0.1) is 33.1 Å². The fourth-order valence-electron chi connectivity index (χ4n) is 3.80. The summed E-state index contributed by atoms with van der Waals surface area (Å²) in [5.41, 5.74) is 7.39. The van der Waals surface area contributed by atoms with Gasteiger partial charge in [-0.2, -0.15) is 0 Å². The van der Waals surface area contributed by atoms with Crippen molar-refractivity contribution in [3.8, 4) is 0 Å². The number of alkyl halides is 1. The maximum atomic E-state index is 13.0. The van der Waals surface area contributed by atoms with Crippen molar-refractivity contribution in [1.82, 2.24) is 20.3 Å². The average molecular weight is 569 g/mol. The number of carbonyl (C=O) groups is 3. The number of anilines is 1. The van der Waals surface area contributed by atoms with Crippen molar-refractivity contribution in [3.05, 3.63) is 56.7 Å². The van der Waals surface area contributed by atoms with Gasteiger partial charge in [0.2, 0.25) is 17.0 Å². The van der Waals surface area contributed by atoms with Crippen LogP contribution in [-0.4, -0.2) is 44.2 Å². The Labute approximate surface area is 225 Å². The Bertz CT molecular complexity index is 1280. The lowest BCUT2D eigenvalue weighted by Crippen LogP contribution is -2.32. The van der Waals surface area contributed by atoms with Crippen molar-refractivity contribution in [2.75, 3.05) is 22.4 Å². The Morgan fingerprint density at radius 1 is 1.11 bits per heavy atom. The molecule has 0 radical (unpaired) electrons. The Morgan fingerprint density at radius 2 is 1.86 bits per heavy atom. The third-order valence-corrected chi connectivity index (χ3v) is 8.18. The molecule has 0 saturated heterocycles. The lowest BCUT2D eigenvalue weighted by Gasteiger charge is -2.15. The van der Waals surface area contributed by atoms with Crippen LogP contribution in [-0.2, 0) is 28.9 Å². The number of aromatic nitrogens is 3. The van der Waals surface area contributed by atoms with Gasteiger partial charge in [0.05, 0.1) is 10.8 Å². The second kappa shape index (κ2) is 12.1. The first-order valence-electron chi connectivity index (χ1n) is 11.0. The van der Waals surface area contributed by atoms with E-state index in [1.54, 1.807) is 35.6 Å². The van der Waals surface area contributed by atoms with Gasteiger partial charge in [-0.05, 0) is 61.1 Å². The second-order valence-corrected chi connectivity index (χ2v) is 10.7. The zero-order valence-electron chi connectivity index (χ0n) is 19.0. The number of carbonyl (C=O) groups excluding carboxylic acids is 3. The largest absolute Gasteiger partial charge is 0.316 e. The number of nitrogens with two attached hydrogens (primary N) is 1. The average Bonchev–Trinajstić information content (AvgIpc) is 3.43. The van der Waals surface area contributed by atoms with E-state index in [4.69, 9.17) is 29.0 Å². The van der Waals surface area contributed by atoms with E-state index in [1.165, 1.54) is 15.1 Å². The summed E-state index contributed by atoms with van der Waals surface area (Å²) in [5, 5.41) is 12.9. The van der Waals surface area contributed by atoms with E-state index in [-0.39, 0.29) is 17.5 Å². The SMILES string of the molecule is NNC(=O)CSc1nnc(Cc2c(NC(=O)CCl)sc3c2CCCC3)n1NC(=O)c1ccc(Cl)cc1. The van der Waals surface area contributed by atoms with E-state index in [0.29, 0.717) is 28.0 Å². The normalized spacial score (nSPS) is 12.6. The minimum Gasteiger partial charge on any atom is -0.316 e. The third kappa shape index (κ3) is 6.19. The van der Waals surface area contributed by atoms with Gasteiger partial charge in [-0.25, -0.2) is 10.5 Å². The number of aryl methyl sites for hydroxylation is 1. The molecule has 14 heteroatoms. The van der Waals surface area contributed by atoms with Crippen LogP contribution in [0.15, 0.2) is 29.4 Å². The van der Waals surface area contributed by atoms with Gasteiger partial charge >= 0.3 is 0 Å². The first kappa shape index (κ1) is 26.4. The Morgan fingerprint density at radius 3 is 2.58 bits per heavy atom. The predicted molar refractivity (Wildman–Crippen MR) is 141 cm³/mol. The van der Waals surface area contributed by atoms with E-state index in [0.717, 1.165) is 48.0 Å². The van der Waals surface area contributed by atoms with Crippen molar-refractivity contribution in [2.45, 2.75) is 37.3 Å². The maximum Gasteiger partial charge on any atom is 0.270 e. The van der Waals surface area contributed by atoms with Crippen molar-refractivity contribution in [1.29, 1.82) is 0 Å². The minimum absolute atomic E-state index is 0.0175.